The van der Waals surface area contributed by atoms with Gasteiger partial charge in [-0.05, 0) is 19.1 Å². The van der Waals surface area contributed by atoms with Gasteiger partial charge in [-0.25, -0.2) is 9.78 Å². The average molecular weight is 335 g/mol. The van der Waals surface area contributed by atoms with Crippen molar-refractivity contribution >= 4 is 28.3 Å². The molecule has 0 spiro atoms. The summed E-state index contributed by atoms with van der Waals surface area (Å²) in [6.45, 7) is 5.87. The number of ether oxygens (including phenoxy) is 1. The number of carbonyl (C=O) groups is 2. The molecule has 2 rings (SSSR count). The van der Waals surface area contributed by atoms with Crippen LogP contribution in [0.5, 0.6) is 0 Å². The Morgan fingerprint density at radius 2 is 2.39 bits per heavy atom. The standard InChI is InChI=1S/C15H17N3O4S/c1-3-6-16-15-18-12(9-23-15)14(20)22-10(2)13(19)17-8-11-5-4-7-21-11/h3-5,7,9-10H,1,6,8H2,2H3,(H,16,18)(H,17,19)/t10-/m0/s1. The Morgan fingerprint density at radius 1 is 1.57 bits per heavy atom. The number of hydrogen-bond donors (Lipinski definition) is 2. The van der Waals surface area contributed by atoms with E-state index in [9.17, 15) is 9.59 Å². The highest BCUT2D eigenvalue weighted by atomic mass is 32.1. The van der Waals surface area contributed by atoms with Crippen molar-refractivity contribution in [3.63, 3.8) is 0 Å². The maximum absolute atomic E-state index is 12.0. The topological polar surface area (TPSA) is 93.5 Å². The lowest BCUT2D eigenvalue weighted by Gasteiger charge is -2.12. The molecule has 1 amide bonds. The minimum Gasteiger partial charge on any atom is -0.467 e. The van der Waals surface area contributed by atoms with Crippen molar-refractivity contribution in [3.8, 4) is 0 Å². The lowest BCUT2D eigenvalue weighted by atomic mass is 10.3. The first-order valence-corrected chi connectivity index (χ1v) is 7.79. The van der Waals surface area contributed by atoms with Crippen LogP contribution in [0.4, 0.5) is 5.13 Å². The molecule has 0 saturated carbocycles. The highest BCUT2D eigenvalue weighted by molar-refractivity contribution is 7.13. The van der Waals surface area contributed by atoms with Crippen LogP contribution in [0.2, 0.25) is 0 Å². The number of nitrogens with one attached hydrogen (secondary N) is 2. The first-order valence-electron chi connectivity index (χ1n) is 6.91. The van der Waals surface area contributed by atoms with E-state index in [1.54, 1.807) is 23.6 Å². The second kappa shape index (κ2) is 8.14. The van der Waals surface area contributed by atoms with E-state index in [0.29, 0.717) is 17.4 Å². The zero-order valence-electron chi connectivity index (χ0n) is 12.6. The molecule has 0 unspecified atom stereocenters. The molecule has 0 fully saturated rings. The van der Waals surface area contributed by atoms with Crippen LogP contribution in [0.1, 0.15) is 23.2 Å². The molecule has 0 bridgehead atoms. The molecule has 0 aromatic carbocycles. The summed E-state index contributed by atoms with van der Waals surface area (Å²) in [4.78, 5) is 27.9. The summed E-state index contributed by atoms with van der Waals surface area (Å²) < 4.78 is 10.2. The van der Waals surface area contributed by atoms with Crippen LogP contribution in [-0.2, 0) is 16.1 Å². The van der Waals surface area contributed by atoms with Crippen LogP contribution in [0.3, 0.4) is 0 Å². The smallest absolute Gasteiger partial charge is 0.358 e. The molecular weight excluding hydrogens is 318 g/mol. The number of carbonyl (C=O) groups excluding carboxylic acids is 2. The van der Waals surface area contributed by atoms with Gasteiger partial charge in [-0.3, -0.25) is 4.79 Å². The summed E-state index contributed by atoms with van der Waals surface area (Å²) >= 11 is 1.28. The Bertz CT molecular complexity index is 666. The molecule has 2 aromatic rings. The van der Waals surface area contributed by atoms with Crippen molar-refractivity contribution < 1.29 is 18.7 Å². The first-order chi connectivity index (χ1) is 11.1. The monoisotopic (exact) mass is 335 g/mol. The fraction of sp³-hybridized carbons (Fsp3) is 0.267. The van der Waals surface area contributed by atoms with Gasteiger partial charge in [0.05, 0.1) is 12.8 Å². The van der Waals surface area contributed by atoms with E-state index in [2.05, 4.69) is 22.2 Å². The predicted octanol–water partition coefficient (Wildman–Crippen LogP) is 2.20. The van der Waals surface area contributed by atoms with Crippen molar-refractivity contribution in [2.24, 2.45) is 0 Å². The zero-order valence-corrected chi connectivity index (χ0v) is 13.4. The molecule has 0 aliphatic carbocycles. The SMILES string of the molecule is C=CCNc1nc(C(=O)O[C@@H](C)C(=O)NCc2ccco2)cs1. The fourth-order valence-corrected chi connectivity index (χ4v) is 2.30. The Kier molecular flexibility index (Phi) is 5.93. The third-order valence-corrected chi connectivity index (χ3v) is 3.58. The number of furan rings is 1. The van der Waals surface area contributed by atoms with Gasteiger partial charge >= 0.3 is 5.97 Å². The molecule has 0 aliphatic rings. The van der Waals surface area contributed by atoms with Crippen LogP contribution in [0.15, 0.2) is 40.8 Å². The van der Waals surface area contributed by atoms with E-state index in [-0.39, 0.29) is 12.2 Å². The Hall–Kier alpha value is -2.61. The summed E-state index contributed by atoms with van der Waals surface area (Å²) in [5.74, 6) is -0.433. The van der Waals surface area contributed by atoms with E-state index < -0.39 is 18.0 Å². The first kappa shape index (κ1) is 16.8. The molecule has 2 N–H and O–H groups in total. The van der Waals surface area contributed by atoms with Gasteiger partial charge in [0.1, 0.15) is 5.76 Å². The maximum Gasteiger partial charge on any atom is 0.358 e. The van der Waals surface area contributed by atoms with Crippen molar-refractivity contribution in [1.82, 2.24) is 10.3 Å². The van der Waals surface area contributed by atoms with Gasteiger partial charge < -0.3 is 19.8 Å². The second-order valence-electron chi connectivity index (χ2n) is 4.55. The van der Waals surface area contributed by atoms with E-state index in [0.717, 1.165) is 0 Å². The maximum atomic E-state index is 12.0. The van der Waals surface area contributed by atoms with Crippen LogP contribution in [0, 0.1) is 0 Å². The fourth-order valence-electron chi connectivity index (χ4n) is 1.61. The van der Waals surface area contributed by atoms with Crippen molar-refractivity contribution in [1.29, 1.82) is 0 Å². The highest BCUT2D eigenvalue weighted by Gasteiger charge is 2.20. The van der Waals surface area contributed by atoms with Gasteiger partial charge in [-0.15, -0.1) is 17.9 Å². The minimum atomic E-state index is -0.927. The molecule has 2 aromatic heterocycles. The lowest BCUT2D eigenvalue weighted by molar-refractivity contribution is -0.129. The van der Waals surface area contributed by atoms with Gasteiger partial charge in [-0.1, -0.05) is 6.08 Å². The number of esters is 1. The number of rotatable bonds is 8. The summed E-state index contributed by atoms with van der Waals surface area (Å²) in [7, 11) is 0. The largest absolute Gasteiger partial charge is 0.467 e. The number of nitrogens with zero attached hydrogens (tertiary/aromatic N) is 1. The summed E-state index contributed by atoms with van der Waals surface area (Å²) in [6, 6.07) is 3.47. The molecule has 1 atom stereocenters. The summed E-state index contributed by atoms with van der Waals surface area (Å²) in [6.07, 6.45) is 2.28. The Labute approximate surface area is 137 Å². The molecule has 0 radical (unpaired) electrons. The zero-order chi connectivity index (χ0) is 16.7. The lowest BCUT2D eigenvalue weighted by Crippen LogP contribution is -2.35. The van der Waals surface area contributed by atoms with Gasteiger partial charge in [0, 0.05) is 11.9 Å². The van der Waals surface area contributed by atoms with Gasteiger partial charge in [0.2, 0.25) is 0 Å². The van der Waals surface area contributed by atoms with Crippen LogP contribution in [-0.4, -0.2) is 29.5 Å². The number of hydrogen-bond acceptors (Lipinski definition) is 7. The van der Waals surface area contributed by atoms with E-state index in [1.807, 2.05) is 0 Å². The third kappa shape index (κ3) is 4.96. The number of anilines is 1. The number of aromatic nitrogens is 1. The van der Waals surface area contributed by atoms with Crippen LogP contribution < -0.4 is 10.6 Å². The molecule has 7 nitrogen and oxygen atoms in total. The quantitative estimate of drug-likeness (QED) is 0.567. The number of amides is 1. The van der Waals surface area contributed by atoms with Gasteiger partial charge in [0.15, 0.2) is 16.9 Å². The molecule has 2 heterocycles. The molecule has 0 saturated heterocycles. The average Bonchev–Trinajstić information content (AvgIpc) is 3.21. The second-order valence-corrected chi connectivity index (χ2v) is 5.41. The van der Waals surface area contributed by atoms with Gasteiger partial charge in [-0.2, -0.15) is 0 Å². The predicted molar refractivity (Wildman–Crippen MR) is 86.2 cm³/mol. The minimum absolute atomic E-state index is 0.159. The summed E-state index contributed by atoms with van der Waals surface area (Å²) in [5, 5.41) is 7.76. The third-order valence-electron chi connectivity index (χ3n) is 2.78. The van der Waals surface area contributed by atoms with E-state index in [1.165, 1.54) is 24.5 Å². The molecule has 23 heavy (non-hydrogen) atoms. The normalized spacial score (nSPS) is 11.5. The van der Waals surface area contributed by atoms with Crippen LogP contribution in [0.25, 0.3) is 0 Å². The molecule has 0 aliphatic heterocycles. The van der Waals surface area contributed by atoms with Gasteiger partial charge in [0.25, 0.3) is 5.91 Å². The highest BCUT2D eigenvalue weighted by Crippen LogP contribution is 2.16. The van der Waals surface area contributed by atoms with E-state index in [4.69, 9.17) is 9.15 Å². The van der Waals surface area contributed by atoms with Crippen molar-refractivity contribution in [2.75, 3.05) is 11.9 Å². The van der Waals surface area contributed by atoms with E-state index >= 15 is 0 Å². The van der Waals surface area contributed by atoms with Crippen molar-refractivity contribution in [2.45, 2.75) is 19.6 Å². The molecular formula is C15H17N3O4S. The number of thiazole rings is 1. The summed E-state index contributed by atoms with van der Waals surface area (Å²) in [5.41, 5.74) is 0.159. The molecule has 8 heteroatoms. The Morgan fingerprint density at radius 3 is 3.09 bits per heavy atom. The van der Waals surface area contributed by atoms with Crippen LogP contribution >= 0.6 is 11.3 Å². The van der Waals surface area contributed by atoms with Crippen molar-refractivity contribution in [3.05, 3.63) is 47.9 Å². The Balaban J connectivity index is 1.82. The molecule has 122 valence electrons.